The second kappa shape index (κ2) is 10.7. The van der Waals surface area contributed by atoms with Gasteiger partial charge in [-0.25, -0.2) is 9.97 Å². The number of hydrogen-bond donors (Lipinski definition) is 0. The maximum absolute atomic E-state index is 4.74. The Labute approximate surface area is 304 Å². The first-order valence-electron chi connectivity index (χ1n) is 18.1. The van der Waals surface area contributed by atoms with E-state index in [2.05, 4.69) is 157 Å². The molecule has 0 aliphatic heterocycles. The molecule has 0 saturated carbocycles. The molecule has 3 nitrogen and oxygen atoms in total. The minimum Gasteiger partial charge on any atom is -0.291 e. The van der Waals surface area contributed by atoms with Crippen molar-refractivity contribution in [1.29, 1.82) is 0 Å². The number of aromatic nitrogens is 3. The highest BCUT2D eigenvalue weighted by Gasteiger charge is 2.19. The fourth-order valence-corrected chi connectivity index (χ4v) is 9.10. The first kappa shape index (κ1) is 28.6. The summed E-state index contributed by atoms with van der Waals surface area (Å²) in [6, 6.07) is 58.5. The maximum atomic E-state index is 4.74. The molecule has 2 heterocycles. The van der Waals surface area contributed by atoms with Gasteiger partial charge < -0.3 is 0 Å². The zero-order chi connectivity index (χ0) is 34.6. The topological polar surface area (TPSA) is 30.2 Å². The van der Waals surface area contributed by atoms with Crippen LogP contribution in [0.1, 0.15) is 0 Å². The van der Waals surface area contributed by atoms with Gasteiger partial charge in [-0.3, -0.25) is 4.40 Å². The summed E-state index contributed by atoms with van der Waals surface area (Å²) in [6.45, 7) is 0. The normalized spacial score (nSPS) is 12.2. The molecule has 0 N–H and O–H groups in total. The van der Waals surface area contributed by atoms with Gasteiger partial charge in [0.05, 0.1) is 5.69 Å². The van der Waals surface area contributed by atoms with Crippen LogP contribution in [0.3, 0.4) is 0 Å². The van der Waals surface area contributed by atoms with Gasteiger partial charge in [-0.2, -0.15) is 0 Å². The monoisotopic (exact) mass is 671 g/mol. The fourth-order valence-electron chi connectivity index (χ4n) is 9.10. The summed E-state index contributed by atoms with van der Waals surface area (Å²) in [6.07, 6.45) is 5.79. The lowest BCUT2D eigenvalue weighted by atomic mass is 9.84. The lowest BCUT2D eigenvalue weighted by molar-refractivity contribution is 1.11. The first-order chi connectivity index (χ1) is 26.3. The number of benzene rings is 9. The number of imidazole rings is 1. The molecule has 0 fully saturated rings. The molecule has 3 heteroatoms. The Bertz CT molecular complexity index is 3410. The van der Waals surface area contributed by atoms with Gasteiger partial charge in [-0.15, -0.1) is 0 Å². The Morgan fingerprint density at radius 1 is 0.377 bits per heavy atom. The Morgan fingerprint density at radius 3 is 1.62 bits per heavy atom. The molecule has 0 unspecified atom stereocenters. The van der Waals surface area contributed by atoms with Crippen molar-refractivity contribution < 1.29 is 0 Å². The minimum absolute atomic E-state index is 0.703. The molecule has 0 amide bonds. The SMILES string of the molecule is c1ccc2c(-c3cc4cccc5c6cccc7ccc8cccc(c9cccc3c9c45)c8c76)ccc(-c3ccc(-c4cn5cccnc5n4)cc3)c2c1. The van der Waals surface area contributed by atoms with Crippen molar-refractivity contribution in [3.63, 3.8) is 0 Å². The van der Waals surface area contributed by atoms with Crippen LogP contribution in [0.2, 0.25) is 0 Å². The Morgan fingerprint density at radius 2 is 0.925 bits per heavy atom. The second-order valence-corrected chi connectivity index (χ2v) is 14.2. The molecule has 0 saturated heterocycles. The van der Waals surface area contributed by atoms with Gasteiger partial charge >= 0.3 is 0 Å². The predicted octanol–water partition coefficient (Wildman–Crippen LogP) is 13.2. The first-order valence-corrected chi connectivity index (χ1v) is 18.1. The number of rotatable bonds is 3. The van der Waals surface area contributed by atoms with E-state index < -0.39 is 0 Å². The average Bonchev–Trinajstić information content (AvgIpc) is 3.66. The third-order valence-corrected chi connectivity index (χ3v) is 11.4. The summed E-state index contributed by atoms with van der Waals surface area (Å²) < 4.78 is 1.96. The summed E-state index contributed by atoms with van der Waals surface area (Å²) in [5.41, 5.74) is 6.87. The largest absolute Gasteiger partial charge is 0.291 e. The molecule has 0 aliphatic rings. The molecule has 2 aromatic heterocycles. The van der Waals surface area contributed by atoms with E-state index in [1.165, 1.54) is 97.7 Å². The Balaban J connectivity index is 1.12. The molecule has 244 valence electrons. The highest BCUT2D eigenvalue weighted by molar-refractivity contribution is 6.38. The van der Waals surface area contributed by atoms with Crippen LogP contribution >= 0.6 is 0 Å². The van der Waals surface area contributed by atoms with Crippen LogP contribution in [0.25, 0.3) is 115 Å². The molecule has 0 bridgehead atoms. The quantitative estimate of drug-likeness (QED) is 0.175. The second-order valence-electron chi connectivity index (χ2n) is 14.2. The van der Waals surface area contributed by atoms with Crippen LogP contribution in [-0.4, -0.2) is 14.4 Å². The smallest absolute Gasteiger partial charge is 0.234 e. The molecular weight excluding hydrogens is 643 g/mol. The van der Waals surface area contributed by atoms with Gasteiger partial charge in [0.15, 0.2) is 0 Å². The van der Waals surface area contributed by atoms with Gasteiger partial charge in [-0.1, -0.05) is 146 Å². The van der Waals surface area contributed by atoms with Crippen LogP contribution in [0.5, 0.6) is 0 Å². The van der Waals surface area contributed by atoms with Crippen LogP contribution in [0, 0.1) is 0 Å². The van der Waals surface area contributed by atoms with Crippen molar-refractivity contribution in [1.82, 2.24) is 14.4 Å². The van der Waals surface area contributed by atoms with Gasteiger partial charge in [0.25, 0.3) is 0 Å². The van der Waals surface area contributed by atoms with Crippen molar-refractivity contribution in [3.05, 3.63) is 176 Å². The Hall–Kier alpha value is -7.10. The summed E-state index contributed by atoms with van der Waals surface area (Å²) in [5.74, 6) is 0.703. The van der Waals surface area contributed by atoms with E-state index >= 15 is 0 Å². The molecule has 10 aromatic carbocycles. The molecular formula is C50H29N3. The molecule has 0 aliphatic carbocycles. The lowest BCUT2D eigenvalue weighted by Gasteiger charge is -2.19. The molecule has 0 spiro atoms. The van der Waals surface area contributed by atoms with Crippen LogP contribution in [0.4, 0.5) is 0 Å². The van der Waals surface area contributed by atoms with E-state index in [1.54, 1.807) is 6.20 Å². The maximum Gasteiger partial charge on any atom is 0.234 e. The van der Waals surface area contributed by atoms with Gasteiger partial charge in [0, 0.05) is 24.2 Å². The van der Waals surface area contributed by atoms with E-state index in [1.807, 2.05) is 22.9 Å². The van der Waals surface area contributed by atoms with Crippen molar-refractivity contribution >= 4 is 81.2 Å². The van der Waals surface area contributed by atoms with E-state index in [-0.39, 0.29) is 0 Å². The number of hydrogen-bond acceptors (Lipinski definition) is 2. The third kappa shape index (κ3) is 4.05. The van der Waals surface area contributed by atoms with Crippen LogP contribution in [0.15, 0.2) is 176 Å². The highest BCUT2D eigenvalue weighted by atomic mass is 15.1. The summed E-state index contributed by atoms with van der Waals surface area (Å²) in [4.78, 5) is 9.13. The fraction of sp³-hybridized carbons (Fsp3) is 0. The number of fused-ring (bicyclic) bond motifs is 4. The van der Waals surface area contributed by atoms with Gasteiger partial charge in [-0.05, 0) is 110 Å². The van der Waals surface area contributed by atoms with Crippen molar-refractivity contribution in [2.24, 2.45) is 0 Å². The molecule has 0 atom stereocenters. The van der Waals surface area contributed by atoms with Crippen molar-refractivity contribution in [3.8, 4) is 33.5 Å². The van der Waals surface area contributed by atoms with E-state index in [0.29, 0.717) is 5.78 Å². The minimum atomic E-state index is 0.703. The third-order valence-electron chi connectivity index (χ3n) is 11.4. The number of nitrogens with zero attached hydrogens (tertiary/aromatic N) is 3. The predicted molar refractivity (Wildman–Crippen MR) is 223 cm³/mol. The molecule has 0 radical (unpaired) electrons. The summed E-state index contributed by atoms with van der Waals surface area (Å²) in [5, 5.41) is 18.0. The van der Waals surface area contributed by atoms with Gasteiger partial charge in [0.2, 0.25) is 5.78 Å². The van der Waals surface area contributed by atoms with Crippen LogP contribution < -0.4 is 0 Å². The summed E-state index contributed by atoms with van der Waals surface area (Å²) in [7, 11) is 0. The van der Waals surface area contributed by atoms with E-state index in [4.69, 9.17) is 4.98 Å². The lowest BCUT2D eigenvalue weighted by Crippen LogP contribution is -1.91. The summed E-state index contributed by atoms with van der Waals surface area (Å²) >= 11 is 0. The molecule has 12 aromatic rings. The van der Waals surface area contributed by atoms with E-state index in [9.17, 15) is 0 Å². The van der Waals surface area contributed by atoms with Gasteiger partial charge in [0.1, 0.15) is 0 Å². The van der Waals surface area contributed by atoms with E-state index in [0.717, 1.165) is 11.3 Å². The zero-order valence-electron chi connectivity index (χ0n) is 28.6. The van der Waals surface area contributed by atoms with Crippen LogP contribution in [-0.2, 0) is 0 Å². The zero-order valence-corrected chi connectivity index (χ0v) is 28.6. The van der Waals surface area contributed by atoms with Crippen molar-refractivity contribution in [2.45, 2.75) is 0 Å². The van der Waals surface area contributed by atoms with Crippen molar-refractivity contribution in [2.75, 3.05) is 0 Å². The Kier molecular flexibility index (Phi) is 5.77. The highest BCUT2D eigenvalue weighted by Crippen LogP contribution is 2.47. The molecule has 12 rings (SSSR count). The average molecular weight is 672 g/mol. The standard InChI is InChI=1S/C50H29N3/c1-2-12-37-36(11-1)35(30-18-20-31(21-19-30)45-29-53-27-7-26-51-50(53)52-45)24-25-38(37)44-28-34-10-5-15-40-39-13-3-8-32-22-23-33-9-4-14-41(47(33)46(32)39)42-16-6-17-43(44)49(42)48(34)40/h1-29H. The molecule has 53 heavy (non-hydrogen) atoms.